The first-order valence-electron chi connectivity index (χ1n) is 7.17. The molecule has 1 aliphatic rings. The second kappa shape index (κ2) is 6.46. The van der Waals surface area contributed by atoms with E-state index in [2.05, 4.69) is 20.5 Å². The maximum Gasteiger partial charge on any atom is 0.244 e. The first kappa shape index (κ1) is 16.5. The number of nitrogens with two attached hydrogens (primary N) is 1. The van der Waals surface area contributed by atoms with Crippen molar-refractivity contribution in [1.82, 2.24) is 15.2 Å². The van der Waals surface area contributed by atoms with Crippen molar-refractivity contribution in [2.45, 2.75) is 38.1 Å². The lowest BCUT2D eigenvalue weighted by Gasteiger charge is -2.22. The van der Waals surface area contributed by atoms with Gasteiger partial charge >= 0.3 is 0 Å². The number of carbonyl (C=O) groups excluding carboxylic acids is 1. The second-order valence-electron chi connectivity index (χ2n) is 5.64. The van der Waals surface area contributed by atoms with Gasteiger partial charge in [0.1, 0.15) is 5.82 Å². The van der Waals surface area contributed by atoms with E-state index in [1.807, 2.05) is 31.2 Å². The van der Waals surface area contributed by atoms with Crippen LogP contribution in [0.4, 0.5) is 5.69 Å². The van der Waals surface area contributed by atoms with Crippen LogP contribution in [0.2, 0.25) is 0 Å². The second-order valence-corrected chi connectivity index (χ2v) is 5.64. The number of hydrogen-bond acceptors (Lipinski definition) is 4. The number of hydrogen-bond donors (Lipinski definition) is 3. The molecule has 0 atom stereocenters. The number of nitrogens with one attached hydrogen (secondary N) is 2. The van der Waals surface area contributed by atoms with Crippen molar-refractivity contribution in [1.29, 1.82) is 0 Å². The number of anilines is 1. The molecule has 1 aromatic carbocycles. The molecule has 3 rings (SSSR count). The highest BCUT2D eigenvalue weighted by Crippen LogP contribution is 2.28. The molecule has 0 saturated heterocycles. The molecule has 1 saturated carbocycles. The summed E-state index contributed by atoms with van der Waals surface area (Å²) in [6.07, 6.45) is 3.56. The Morgan fingerprint density at radius 1 is 1.27 bits per heavy atom. The molecule has 22 heavy (non-hydrogen) atoms. The van der Waals surface area contributed by atoms with E-state index in [1.165, 1.54) is 0 Å². The normalized spacial score (nSPS) is 16.1. The fraction of sp³-hybridized carbons (Fsp3) is 0.400. The molecule has 1 amide bonds. The topological polar surface area (TPSA) is 96.7 Å². The van der Waals surface area contributed by atoms with Crippen molar-refractivity contribution in [3.63, 3.8) is 0 Å². The zero-order valence-corrected chi connectivity index (χ0v) is 13.2. The molecule has 6 nitrogen and oxygen atoms in total. The van der Waals surface area contributed by atoms with Gasteiger partial charge in [-0.2, -0.15) is 5.10 Å². The fourth-order valence-electron chi connectivity index (χ4n) is 2.66. The average molecular weight is 322 g/mol. The minimum absolute atomic E-state index is 0. The Labute approximate surface area is 135 Å². The molecule has 1 fully saturated rings. The molecule has 1 aromatic heterocycles. The Morgan fingerprint density at radius 3 is 2.45 bits per heavy atom. The van der Waals surface area contributed by atoms with Gasteiger partial charge in [-0.05, 0) is 44.0 Å². The Kier molecular flexibility index (Phi) is 4.83. The number of aromatic nitrogens is 3. The number of rotatable bonds is 3. The van der Waals surface area contributed by atoms with Crippen molar-refractivity contribution in [2.75, 3.05) is 5.32 Å². The van der Waals surface area contributed by atoms with Crippen LogP contribution >= 0.6 is 12.4 Å². The molecular weight excluding hydrogens is 302 g/mol. The third-order valence-electron chi connectivity index (χ3n) is 3.95. The lowest BCUT2D eigenvalue weighted by atomic mass is 9.98. The number of H-pyrrole nitrogens is 1. The maximum atomic E-state index is 12.2. The summed E-state index contributed by atoms with van der Waals surface area (Å²) in [5, 5.41) is 9.81. The SMILES string of the molecule is Cc1nc(-c2ccc(NC(=O)C3(N)CCCC3)cc2)n[nH]1.Cl. The minimum Gasteiger partial charge on any atom is -0.324 e. The highest BCUT2D eigenvalue weighted by molar-refractivity contribution is 5.98. The van der Waals surface area contributed by atoms with E-state index in [-0.39, 0.29) is 18.3 Å². The quantitative estimate of drug-likeness (QED) is 0.808. The number of amides is 1. The summed E-state index contributed by atoms with van der Waals surface area (Å²) in [6.45, 7) is 1.85. The van der Waals surface area contributed by atoms with Gasteiger partial charge < -0.3 is 11.1 Å². The molecule has 4 N–H and O–H groups in total. The standard InChI is InChI=1S/C15H19N5O.ClH/c1-10-17-13(20-19-10)11-4-6-12(7-5-11)18-14(21)15(16)8-2-3-9-15;/h4-7H,2-3,8-9,16H2,1H3,(H,18,21)(H,17,19,20);1H. The molecule has 2 aromatic rings. The molecule has 7 heteroatoms. The average Bonchev–Trinajstić information content (AvgIpc) is 3.09. The minimum atomic E-state index is -0.709. The van der Waals surface area contributed by atoms with Crippen molar-refractivity contribution in [3.05, 3.63) is 30.1 Å². The predicted octanol–water partition coefficient (Wildman–Crippen LogP) is 2.41. The first-order chi connectivity index (χ1) is 10.1. The van der Waals surface area contributed by atoms with Crippen LogP contribution in [0, 0.1) is 6.92 Å². The highest BCUT2D eigenvalue weighted by Gasteiger charge is 2.36. The third kappa shape index (κ3) is 3.28. The molecular formula is C15H20ClN5O. The summed E-state index contributed by atoms with van der Waals surface area (Å²) >= 11 is 0. The Hall–Kier alpha value is -1.92. The van der Waals surface area contributed by atoms with Crippen LogP contribution < -0.4 is 11.1 Å². The van der Waals surface area contributed by atoms with Gasteiger partial charge in [-0.25, -0.2) is 4.98 Å². The van der Waals surface area contributed by atoms with Gasteiger partial charge in [0.25, 0.3) is 0 Å². The van der Waals surface area contributed by atoms with Gasteiger partial charge in [0.15, 0.2) is 5.82 Å². The fourth-order valence-corrected chi connectivity index (χ4v) is 2.66. The van der Waals surface area contributed by atoms with Crippen molar-refractivity contribution in [3.8, 4) is 11.4 Å². The molecule has 118 valence electrons. The number of benzene rings is 1. The number of aryl methyl sites for hydroxylation is 1. The first-order valence-corrected chi connectivity index (χ1v) is 7.17. The van der Waals surface area contributed by atoms with Crippen molar-refractivity contribution < 1.29 is 4.79 Å². The molecule has 0 spiro atoms. The third-order valence-corrected chi connectivity index (χ3v) is 3.95. The lowest BCUT2D eigenvalue weighted by molar-refractivity contribution is -0.121. The Balaban J connectivity index is 0.00000176. The Morgan fingerprint density at radius 2 is 1.91 bits per heavy atom. The highest BCUT2D eigenvalue weighted by atomic mass is 35.5. The van der Waals surface area contributed by atoms with Crippen LogP contribution in [0.5, 0.6) is 0 Å². The summed E-state index contributed by atoms with van der Waals surface area (Å²) < 4.78 is 0. The Bertz CT molecular complexity index is 646. The largest absolute Gasteiger partial charge is 0.324 e. The van der Waals surface area contributed by atoms with Crippen LogP contribution in [0.1, 0.15) is 31.5 Å². The number of aromatic amines is 1. The molecule has 1 heterocycles. The number of halogens is 1. The van der Waals surface area contributed by atoms with E-state index in [0.717, 1.165) is 42.8 Å². The van der Waals surface area contributed by atoms with Gasteiger partial charge in [-0.15, -0.1) is 12.4 Å². The lowest BCUT2D eigenvalue weighted by Crippen LogP contribution is -2.48. The summed E-state index contributed by atoms with van der Waals surface area (Å²) in [4.78, 5) is 16.5. The zero-order valence-electron chi connectivity index (χ0n) is 12.4. The van der Waals surface area contributed by atoms with Crippen molar-refractivity contribution in [2.24, 2.45) is 5.73 Å². The van der Waals surface area contributed by atoms with E-state index in [4.69, 9.17) is 5.73 Å². The van der Waals surface area contributed by atoms with E-state index in [9.17, 15) is 4.79 Å². The van der Waals surface area contributed by atoms with Crippen LogP contribution in [0.3, 0.4) is 0 Å². The van der Waals surface area contributed by atoms with Gasteiger partial charge in [0.2, 0.25) is 5.91 Å². The van der Waals surface area contributed by atoms with Gasteiger partial charge in [-0.1, -0.05) is 12.8 Å². The van der Waals surface area contributed by atoms with Gasteiger partial charge in [-0.3, -0.25) is 9.89 Å². The molecule has 1 aliphatic carbocycles. The maximum absolute atomic E-state index is 12.2. The van der Waals surface area contributed by atoms with Crippen molar-refractivity contribution >= 4 is 24.0 Å². The predicted molar refractivity (Wildman–Crippen MR) is 87.8 cm³/mol. The van der Waals surface area contributed by atoms with E-state index in [0.29, 0.717) is 5.82 Å². The number of carbonyl (C=O) groups is 1. The van der Waals surface area contributed by atoms with E-state index >= 15 is 0 Å². The number of nitrogens with zero attached hydrogens (tertiary/aromatic N) is 2. The monoisotopic (exact) mass is 321 g/mol. The van der Waals surface area contributed by atoms with Crippen LogP contribution in [-0.4, -0.2) is 26.6 Å². The van der Waals surface area contributed by atoms with Gasteiger partial charge in [0, 0.05) is 11.3 Å². The van der Waals surface area contributed by atoms with Crippen LogP contribution in [0.15, 0.2) is 24.3 Å². The van der Waals surface area contributed by atoms with Gasteiger partial charge in [0.05, 0.1) is 5.54 Å². The van der Waals surface area contributed by atoms with Crippen LogP contribution in [-0.2, 0) is 4.79 Å². The summed E-state index contributed by atoms with van der Waals surface area (Å²) in [5.74, 6) is 1.33. The van der Waals surface area contributed by atoms with Crippen LogP contribution in [0.25, 0.3) is 11.4 Å². The molecule has 0 unspecified atom stereocenters. The molecule has 0 bridgehead atoms. The molecule has 0 aliphatic heterocycles. The summed E-state index contributed by atoms with van der Waals surface area (Å²) in [7, 11) is 0. The summed E-state index contributed by atoms with van der Waals surface area (Å²) in [6, 6.07) is 7.46. The summed E-state index contributed by atoms with van der Waals surface area (Å²) in [5.41, 5.74) is 7.08. The molecule has 0 radical (unpaired) electrons. The van der Waals surface area contributed by atoms with E-state index < -0.39 is 5.54 Å². The smallest absolute Gasteiger partial charge is 0.244 e. The zero-order chi connectivity index (χ0) is 14.9. The van der Waals surface area contributed by atoms with E-state index in [1.54, 1.807) is 0 Å².